The molecule has 1 aliphatic heterocycles. The van der Waals surface area contributed by atoms with Crippen LogP contribution >= 0.6 is 0 Å². The van der Waals surface area contributed by atoms with E-state index in [2.05, 4.69) is 10.6 Å². The standard InChI is InChI=1S/C7H16N2O/c10-5-4-9-7-2-1-3-8-6-7/h7-10H,1-6H2. The molecule has 10 heavy (non-hydrogen) atoms. The number of hydrogen-bond acceptors (Lipinski definition) is 3. The van der Waals surface area contributed by atoms with Crippen molar-refractivity contribution < 1.29 is 5.11 Å². The Bertz CT molecular complexity index is 81.7. The van der Waals surface area contributed by atoms with E-state index >= 15 is 0 Å². The maximum absolute atomic E-state index is 8.51. The van der Waals surface area contributed by atoms with Gasteiger partial charge in [-0.15, -0.1) is 0 Å². The molecule has 1 fully saturated rings. The second-order valence-corrected chi connectivity index (χ2v) is 2.72. The van der Waals surface area contributed by atoms with E-state index < -0.39 is 0 Å². The van der Waals surface area contributed by atoms with Crippen LogP contribution in [0, 0.1) is 0 Å². The Kier molecular flexibility index (Phi) is 3.72. The molecule has 0 amide bonds. The van der Waals surface area contributed by atoms with E-state index in [-0.39, 0.29) is 6.61 Å². The summed E-state index contributed by atoms with van der Waals surface area (Å²) >= 11 is 0. The van der Waals surface area contributed by atoms with Crippen LogP contribution in [-0.2, 0) is 0 Å². The van der Waals surface area contributed by atoms with Crippen molar-refractivity contribution in [2.24, 2.45) is 0 Å². The molecule has 60 valence electrons. The molecule has 1 aliphatic rings. The number of nitrogens with one attached hydrogen (secondary N) is 2. The summed E-state index contributed by atoms with van der Waals surface area (Å²) in [7, 11) is 0. The number of aliphatic hydroxyl groups excluding tert-OH is 1. The predicted molar refractivity (Wildman–Crippen MR) is 41.0 cm³/mol. The zero-order valence-corrected chi connectivity index (χ0v) is 6.27. The summed E-state index contributed by atoms with van der Waals surface area (Å²) in [4.78, 5) is 0. The monoisotopic (exact) mass is 144 g/mol. The van der Waals surface area contributed by atoms with E-state index in [0.717, 1.165) is 19.6 Å². The summed E-state index contributed by atoms with van der Waals surface area (Å²) < 4.78 is 0. The third kappa shape index (κ3) is 2.64. The van der Waals surface area contributed by atoms with Gasteiger partial charge < -0.3 is 15.7 Å². The molecular weight excluding hydrogens is 128 g/mol. The molecule has 0 aromatic heterocycles. The van der Waals surface area contributed by atoms with Gasteiger partial charge in [0.05, 0.1) is 6.61 Å². The van der Waals surface area contributed by atoms with E-state index in [1.54, 1.807) is 0 Å². The Hall–Kier alpha value is -0.120. The summed E-state index contributed by atoms with van der Waals surface area (Å²) in [5.41, 5.74) is 0. The third-order valence-corrected chi connectivity index (χ3v) is 1.84. The van der Waals surface area contributed by atoms with E-state index in [1.807, 2.05) is 0 Å². The van der Waals surface area contributed by atoms with Crippen LogP contribution in [-0.4, -0.2) is 37.4 Å². The van der Waals surface area contributed by atoms with Gasteiger partial charge in [0.2, 0.25) is 0 Å². The number of rotatable bonds is 3. The van der Waals surface area contributed by atoms with Crippen molar-refractivity contribution >= 4 is 0 Å². The second-order valence-electron chi connectivity index (χ2n) is 2.72. The van der Waals surface area contributed by atoms with Gasteiger partial charge >= 0.3 is 0 Å². The van der Waals surface area contributed by atoms with Crippen LogP contribution in [0.2, 0.25) is 0 Å². The molecule has 0 saturated carbocycles. The minimum absolute atomic E-state index is 0.247. The Labute approximate surface area is 61.8 Å². The lowest BCUT2D eigenvalue weighted by Gasteiger charge is -2.23. The van der Waals surface area contributed by atoms with Gasteiger partial charge in [-0.25, -0.2) is 0 Å². The van der Waals surface area contributed by atoms with Gasteiger partial charge in [0.25, 0.3) is 0 Å². The van der Waals surface area contributed by atoms with Gasteiger partial charge in [0.1, 0.15) is 0 Å². The van der Waals surface area contributed by atoms with Crippen LogP contribution in [0.5, 0.6) is 0 Å². The Balaban J connectivity index is 2.02. The molecule has 1 unspecified atom stereocenters. The zero-order valence-electron chi connectivity index (χ0n) is 6.27. The molecule has 1 rings (SSSR count). The summed E-state index contributed by atoms with van der Waals surface area (Å²) in [5, 5.41) is 15.1. The van der Waals surface area contributed by atoms with Gasteiger partial charge in [-0.3, -0.25) is 0 Å². The van der Waals surface area contributed by atoms with Crippen molar-refractivity contribution in [3.05, 3.63) is 0 Å². The molecule has 3 heteroatoms. The quantitative estimate of drug-likeness (QED) is 0.492. The van der Waals surface area contributed by atoms with Gasteiger partial charge in [0, 0.05) is 19.1 Å². The van der Waals surface area contributed by atoms with E-state index in [4.69, 9.17) is 5.11 Å². The molecule has 1 heterocycles. The SMILES string of the molecule is OCCNC1CCCNC1. The first-order valence-electron chi connectivity index (χ1n) is 3.98. The lowest BCUT2D eigenvalue weighted by molar-refractivity contribution is 0.275. The summed E-state index contributed by atoms with van der Waals surface area (Å²) in [6.45, 7) is 3.18. The smallest absolute Gasteiger partial charge is 0.0556 e. The van der Waals surface area contributed by atoms with Crippen molar-refractivity contribution in [2.75, 3.05) is 26.2 Å². The Morgan fingerprint density at radius 2 is 2.50 bits per heavy atom. The van der Waals surface area contributed by atoms with Crippen LogP contribution in [0.4, 0.5) is 0 Å². The van der Waals surface area contributed by atoms with Crippen molar-refractivity contribution in [1.82, 2.24) is 10.6 Å². The highest BCUT2D eigenvalue weighted by Gasteiger charge is 2.10. The molecule has 0 bridgehead atoms. The molecule has 0 aliphatic carbocycles. The first-order valence-corrected chi connectivity index (χ1v) is 3.98. The zero-order chi connectivity index (χ0) is 7.23. The van der Waals surface area contributed by atoms with E-state index in [1.165, 1.54) is 12.8 Å². The number of piperidine rings is 1. The largest absolute Gasteiger partial charge is 0.395 e. The van der Waals surface area contributed by atoms with Crippen molar-refractivity contribution in [1.29, 1.82) is 0 Å². The maximum atomic E-state index is 8.51. The molecule has 0 spiro atoms. The van der Waals surface area contributed by atoms with Crippen LogP contribution in [0.1, 0.15) is 12.8 Å². The normalized spacial score (nSPS) is 26.7. The van der Waals surface area contributed by atoms with Crippen LogP contribution in [0.3, 0.4) is 0 Å². The topological polar surface area (TPSA) is 44.3 Å². The van der Waals surface area contributed by atoms with Gasteiger partial charge in [-0.05, 0) is 19.4 Å². The summed E-state index contributed by atoms with van der Waals surface area (Å²) in [6.07, 6.45) is 2.50. The lowest BCUT2D eigenvalue weighted by Crippen LogP contribution is -2.43. The average Bonchev–Trinajstić information content (AvgIpc) is 2.03. The fourth-order valence-electron chi connectivity index (χ4n) is 1.29. The van der Waals surface area contributed by atoms with E-state index in [0.29, 0.717) is 6.04 Å². The molecule has 1 saturated heterocycles. The molecule has 3 N–H and O–H groups in total. The number of aliphatic hydroxyl groups is 1. The maximum Gasteiger partial charge on any atom is 0.0556 e. The predicted octanol–water partition coefficient (Wildman–Crippen LogP) is -0.680. The first-order chi connectivity index (χ1) is 4.93. The molecule has 3 nitrogen and oxygen atoms in total. The molecule has 0 radical (unpaired) electrons. The minimum Gasteiger partial charge on any atom is -0.395 e. The minimum atomic E-state index is 0.247. The van der Waals surface area contributed by atoms with Crippen LogP contribution < -0.4 is 10.6 Å². The summed E-state index contributed by atoms with van der Waals surface area (Å²) in [5.74, 6) is 0. The van der Waals surface area contributed by atoms with Gasteiger partial charge in [-0.1, -0.05) is 0 Å². The molecular formula is C7H16N2O. The van der Waals surface area contributed by atoms with Gasteiger partial charge in [-0.2, -0.15) is 0 Å². The highest BCUT2D eigenvalue weighted by Crippen LogP contribution is 1.99. The second kappa shape index (κ2) is 4.66. The van der Waals surface area contributed by atoms with Gasteiger partial charge in [0.15, 0.2) is 0 Å². The first kappa shape index (κ1) is 7.98. The Morgan fingerprint density at radius 1 is 1.60 bits per heavy atom. The average molecular weight is 144 g/mol. The molecule has 1 atom stereocenters. The van der Waals surface area contributed by atoms with Crippen LogP contribution in [0.25, 0.3) is 0 Å². The lowest BCUT2D eigenvalue weighted by atomic mass is 10.1. The highest BCUT2D eigenvalue weighted by molar-refractivity contribution is 4.74. The van der Waals surface area contributed by atoms with Crippen molar-refractivity contribution in [3.63, 3.8) is 0 Å². The number of hydrogen-bond donors (Lipinski definition) is 3. The highest BCUT2D eigenvalue weighted by atomic mass is 16.3. The Morgan fingerprint density at radius 3 is 3.10 bits per heavy atom. The summed E-state index contributed by atoms with van der Waals surface area (Å²) in [6, 6.07) is 0.584. The third-order valence-electron chi connectivity index (χ3n) is 1.84. The molecule has 0 aromatic rings. The fourth-order valence-corrected chi connectivity index (χ4v) is 1.29. The van der Waals surface area contributed by atoms with E-state index in [9.17, 15) is 0 Å². The molecule has 0 aromatic carbocycles. The van der Waals surface area contributed by atoms with Crippen LogP contribution in [0.15, 0.2) is 0 Å². The van der Waals surface area contributed by atoms with Crippen molar-refractivity contribution in [3.8, 4) is 0 Å². The van der Waals surface area contributed by atoms with Crippen molar-refractivity contribution in [2.45, 2.75) is 18.9 Å². The fraction of sp³-hybridized carbons (Fsp3) is 1.00.